The van der Waals surface area contributed by atoms with E-state index < -0.39 is 0 Å². The zero-order valence-electron chi connectivity index (χ0n) is 9.52. The number of nitrogens with zero attached hydrogens (tertiary/aromatic N) is 2. The molecule has 86 valence electrons. The summed E-state index contributed by atoms with van der Waals surface area (Å²) in [5, 5.41) is 0. The second-order valence-electron chi connectivity index (χ2n) is 3.98. The van der Waals surface area contributed by atoms with Crippen molar-refractivity contribution in [2.45, 2.75) is 19.4 Å². The molecule has 2 N–H and O–H groups in total. The molecule has 0 bridgehead atoms. The fraction of sp³-hybridized carbons (Fsp3) is 0.417. The van der Waals surface area contributed by atoms with Crippen LogP contribution in [-0.2, 0) is 13.6 Å². The van der Waals surface area contributed by atoms with Crippen LogP contribution in [0.1, 0.15) is 12.8 Å². The van der Waals surface area contributed by atoms with Crippen LogP contribution in [0.25, 0.3) is 11.0 Å². The van der Waals surface area contributed by atoms with Crippen LogP contribution in [0.15, 0.2) is 29.1 Å². The molecule has 0 saturated carbocycles. The molecule has 4 heteroatoms. The smallest absolute Gasteiger partial charge is 0.328 e. The predicted octanol–water partition coefficient (Wildman–Crippen LogP) is 1.08. The molecule has 2 rings (SSSR count). The Morgan fingerprint density at radius 2 is 1.88 bits per heavy atom. The minimum atomic E-state index is 0.0539. The van der Waals surface area contributed by atoms with Crippen LogP contribution in [0.2, 0.25) is 0 Å². The molecule has 1 aromatic carbocycles. The average Bonchev–Trinajstić information content (AvgIpc) is 2.55. The molecule has 0 aliphatic carbocycles. The van der Waals surface area contributed by atoms with Crippen LogP contribution in [-0.4, -0.2) is 15.7 Å². The van der Waals surface area contributed by atoms with E-state index in [0.717, 1.165) is 30.4 Å². The Morgan fingerprint density at radius 3 is 2.56 bits per heavy atom. The van der Waals surface area contributed by atoms with Gasteiger partial charge in [-0.25, -0.2) is 4.79 Å². The fourth-order valence-corrected chi connectivity index (χ4v) is 1.99. The Hall–Kier alpha value is -1.55. The van der Waals surface area contributed by atoms with Crippen molar-refractivity contribution in [3.63, 3.8) is 0 Å². The summed E-state index contributed by atoms with van der Waals surface area (Å²) in [6, 6.07) is 7.86. The Kier molecular flexibility index (Phi) is 3.10. The van der Waals surface area contributed by atoms with Crippen molar-refractivity contribution in [2.75, 3.05) is 6.54 Å². The lowest BCUT2D eigenvalue weighted by molar-refractivity contribution is 0.601. The summed E-state index contributed by atoms with van der Waals surface area (Å²) in [4.78, 5) is 12.0. The molecule has 0 aliphatic rings. The summed E-state index contributed by atoms with van der Waals surface area (Å²) in [5.41, 5.74) is 7.50. The Morgan fingerprint density at radius 1 is 1.19 bits per heavy atom. The van der Waals surface area contributed by atoms with Crippen LogP contribution in [0.4, 0.5) is 0 Å². The largest absolute Gasteiger partial charge is 0.330 e. The number of hydrogen-bond donors (Lipinski definition) is 1. The van der Waals surface area contributed by atoms with E-state index in [9.17, 15) is 4.79 Å². The molecule has 1 heterocycles. The summed E-state index contributed by atoms with van der Waals surface area (Å²) >= 11 is 0. The number of para-hydroxylation sites is 2. The van der Waals surface area contributed by atoms with Gasteiger partial charge in [-0.1, -0.05) is 12.1 Å². The summed E-state index contributed by atoms with van der Waals surface area (Å²) in [6.45, 7) is 1.43. The third-order valence-corrected chi connectivity index (χ3v) is 2.89. The van der Waals surface area contributed by atoms with Crippen LogP contribution >= 0.6 is 0 Å². The van der Waals surface area contributed by atoms with Crippen LogP contribution in [0.3, 0.4) is 0 Å². The van der Waals surface area contributed by atoms with Gasteiger partial charge in [-0.3, -0.25) is 9.13 Å². The number of nitrogens with two attached hydrogens (primary N) is 1. The third kappa shape index (κ3) is 1.76. The maximum atomic E-state index is 12.0. The topological polar surface area (TPSA) is 53.0 Å². The maximum Gasteiger partial charge on any atom is 0.328 e. The number of benzene rings is 1. The molecular weight excluding hydrogens is 202 g/mol. The Balaban J connectivity index is 2.43. The van der Waals surface area contributed by atoms with Gasteiger partial charge in [-0.15, -0.1) is 0 Å². The molecule has 16 heavy (non-hydrogen) atoms. The van der Waals surface area contributed by atoms with E-state index in [2.05, 4.69) is 0 Å². The van der Waals surface area contributed by atoms with Gasteiger partial charge in [0.2, 0.25) is 0 Å². The van der Waals surface area contributed by atoms with Gasteiger partial charge >= 0.3 is 5.69 Å². The van der Waals surface area contributed by atoms with Gasteiger partial charge in [0.1, 0.15) is 0 Å². The van der Waals surface area contributed by atoms with Crippen LogP contribution in [0.5, 0.6) is 0 Å². The molecule has 0 saturated heterocycles. The number of rotatable bonds is 4. The van der Waals surface area contributed by atoms with Crippen molar-refractivity contribution in [3.8, 4) is 0 Å². The standard InChI is InChI=1S/C12H17N3O/c1-14-10-6-2-3-7-11(10)15(12(14)16)9-5-4-8-13/h2-3,6-7H,4-5,8-9,13H2,1H3. The monoisotopic (exact) mass is 219 g/mol. The summed E-state index contributed by atoms with van der Waals surface area (Å²) in [6.07, 6.45) is 1.90. The second kappa shape index (κ2) is 4.53. The lowest BCUT2D eigenvalue weighted by Crippen LogP contribution is -2.22. The van der Waals surface area contributed by atoms with Gasteiger partial charge in [0.05, 0.1) is 11.0 Å². The highest BCUT2D eigenvalue weighted by atomic mass is 16.1. The minimum Gasteiger partial charge on any atom is -0.330 e. The van der Waals surface area contributed by atoms with Crippen molar-refractivity contribution < 1.29 is 0 Å². The van der Waals surface area contributed by atoms with Crippen molar-refractivity contribution >= 4 is 11.0 Å². The molecule has 0 spiro atoms. The van der Waals surface area contributed by atoms with Gasteiger partial charge < -0.3 is 5.73 Å². The Labute approximate surface area is 94.3 Å². The van der Waals surface area contributed by atoms with E-state index in [-0.39, 0.29) is 5.69 Å². The van der Waals surface area contributed by atoms with Gasteiger partial charge in [0, 0.05) is 13.6 Å². The third-order valence-electron chi connectivity index (χ3n) is 2.89. The van der Waals surface area contributed by atoms with Gasteiger partial charge in [-0.05, 0) is 31.5 Å². The first kappa shape index (κ1) is 11.0. The van der Waals surface area contributed by atoms with Crippen molar-refractivity contribution in [3.05, 3.63) is 34.7 Å². The first-order valence-electron chi connectivity index (χ1n) is 5.60. The number of fused-ring (bicyclic) bond motifs is 1. The molecule has 2 aromatic rings. The fourth-order valence-electron chi connectivity index (χ4n) is 1.99. The van der Waals surface area contributed by atoms with E-state index in [1.807, 2.05) is 35.9 Å². The zero-order chi connectivity index (χ0) is 11.5. The number of hydrogen-bond acceptors (Lipinski definition) is 2. The molecule has 0 aliphatic heterocycles. The predicted molar refractivity (Wildman–Crippen MR) is 65.5 cm³/mol. The number of unbranched alkanes of at least 4 members (excludes halogenated alkanes) is 1. The van der Waals surface area contributed by atoms with Crippen molar-refractivity contribution in [1.29, 1.82) is 0 Å². The molecular formula is C12H17N3O. The summed E-state index contributed by atoms with van der Waals surface area (Å²) < 4.78 is 3.52. The average molecular weight is 219 g/mol. The van der Waals surface area contributed by atoms with Crippen LogP contribution in [0, 0.1) is 0 Å². The van der Waals surface area contributed by atoms with Gasteiger partial charge in [-0.2, -0.15) is 0 Å². The van der Waals surface area contributed by atoms with Gasteiger partial charge in [0.25, 0.3) is 0 Å². The minimum absolute atomic E-state index is 0.0539. The van der Waals surface area contributed by atoms with E-state index in [0.29, 0.717) is 6.54 Å². The molecule has 4 nitrogen and oxygen atoms in total. The zero-order valence-corrected chi connectivity index (χ0v) is 9.52. The lowest BCUT2D eigenvalue weighted by atomic mass is 10.3. The molecule has 0 radical (unpaired) electrons. The normalized spacial score (nSPS) is 11.1. The first-order valence-corrected chi connectivity index (χ1v) is 5.60. The highest BCUT2D eigenvalue weighted by Gasteiger charge is 2.08. The van der Waals surface area contributed by atoms with Gasteiger partial charge in [0.15, 0.2) is 0 Å². The Bertz CT molecular complexity index is 539. The number of imidazole rings is 1. The first-order chi connectivity index (χ1) is 7.75. The van der Waals surface area contributed by atoms with E-state index in [1.54, 1.807) is 4.57 Å². The van der Waals surface area contributed by atoms with E-state index in [1.165, 1.54) is 0 Å². The highest BCUT2D eigenvalue weighted by Crippen LogP contribution is 2.11. The van der Waals surface area contributed by atoms with E-state index in [4.69, 9.17) is 5.73 Å². The highest BCUT2D eigenvalue weighted by molar-refractivity contribution is 5.75. The molecule has 0 atom stereocenters. The quantitative estimate of drug-likeness (QED) is 0.782. The number of aromatic nitrogens is 2. The summed E-state index contributed by atoms with van der Waals surface area (Å²) in [7, 11) is 1.81. The molecule has 1 aromatic heterocycles. The van der Waals surface area contributed by atoms with E-state index >= 15 is 0 Å². The molecule has 0 amide bonds. The summed E-state index contributed by atoms with van der Waals surface area (Å²) in [5.74, 6) is 0. The second-order valence-corrected chi connectivity index (χ2v) is 3.98. The van der Waals surface area contributed by atoms with Crippen LogP contribution < -0.4 is 11.4 Å². The van der Waals surface area contributed by atoms with Crippen molar-refractivity contribution in [1.82, 2.24) is 9.13 Å². The molecule has 0 unspecified atom stereocenters. The number of aryl methyl sites for hydroxylation is 2. The molecule has 0 fully saturated rings. The maximum absolute atomic E-state index is 12.0. The SMILES string of the molecule is Cn1c(=O)n(CCCCN)c2ccccc21. The van der Waals surface area contributed by atoms with Crippen molar-refractivity contribution in [2.24, 2.45) is 12.8 Å². The lowest BCUT2D eigenvalue weighted by Gasteiger charge is -2.01.